The van der Waals surface area contributed by atoms with E-state index in [2.05, 4.69) is 4.98 Å². The minimum absolute atomic E-state index is 0.0240. The van der Waals surface area contributed by atoms with Crippen LogP contribution in [0.3, 0.4) is 0 Å². The number of ether oxygens (including phenoxy) is 1. The summed E-state index contributed by atoms with van der Waals surface area (Å²) in [6.07, 6.45) is 4.07. The van der Waals surface area contributed by atoms with Crippen LogP contribution < -0.4 is 11.2 Å². The molecule has 0 saturated carbocycles. The highest BCUT2D eigenvalue weighted by Crippen LogP contribution is 2.18. The molecule has 1 aromatic heterocycles. The molecule has 0 aliphatic carbocycles. The molecule has 1 aliphatic heterocycles. The van der Waals surface area contributed by atoms with Crippen LogP contribution in [0.5, 0.6) is 0 Å². The molecule has 1 atom stereocenters. The molecule has 1 aromatic rings. The average Bonchev–Trinajstić information content (AvgIpc) is 2.38. The van der Waals surface area contributed by atoms with Gasteiger partial charge in [-0.05, 0) is 31.6 Å². The van der Waals surface area contributed by atoms with E-state index in [-0.39, 0.29) is 22.7 Å². The Labute approximate surface area is 122 Å². The molecule has 1 saturated heterocycles. The van der Waals surface area contributed by atoms with E-state index in [1.807, 2.05) is 13.8 Å². The topological polar surface area (TPSA) is 64.1 Å². The second-order valence-electron chi connectivity index (χ2n) is 5.55. The zero-order valence-corrected chi connectivity index (χ0v) is 12.7. The predicted octanol–water partition coefficient (Wildman–Crippen LogP) is 2.27. The van der Waals surface area contributed by atoms with E-state index in [0.29, 0.717) is 18.5 Å². The lowest BCUT2D eigenvalue weighted by atomic mass is 10.1. The molecule has 5 nitrogen and oxygen atoms in total. The molecular formula is C14H21ClN2O3. The van der Waals surface area contributed by atoms with Gasteiger partial charge in [-0.2, -0.15) is 0 Å². The van der Waals surface area contributed by atoms with Crippen molar-refractivity contribution < 1.29 is 4.74 Å². The molecule has 1 N–H and O–H groups in total. The number of H-pyrrole nitrogens is 1. The third-order valence-electron chi connectivity index (χ3n) is 3.70. The van der Waals surface area contributed by atoms with Crippen molar-refractivity contribution in [2.45, 2.75) is 58.1 Å². The molecule has 0 aromatic carbocycles. The van der Waals surface area contributed by atoms with E-state index in [0.717, 1.165) is 25.9 Å². The fourth-order valence-corrected chi connectivity index (χ4v) is 2.95. The fourth-order valence-electron chi connectivity index (χ4n) is 2.57. The Bertz CT molecular complexity index is 571. The maximum Gasteiger partial charge on any atom is 0.329 e. The molecular weight excluding hydrogens is 280 g/mol. The Balaban J connectivity index is 2.21. The van der Waals surface area contributed by atoms with E-state index in [1.165, 1.54) is 4.57 Å². The lowest BCUT2D eigenvalue weighted by Gasteiger charge is -2.22. The molecule has 1 unspecified atom stereocenters. The van der Waals surface area contributed by atoms with Gasteiger partial charge in [-0.15, -0.1) is 0 Å². The van der Waals surface area contributed by atoms with Gasteiger partial charge in [0.25, 0.3) is 5.56 Å². The third-order valence-corrected chi connectivity index (χ3v) is 4.00. The summed E-state index contributed by atoms with van der Waals surface area (Å²) in [5, 5.41) is 0.153. The van der Waals surface area contributed by atoms with Crippen LogP contribution in [0.1, 0.15) is 51.0 Å². The van der Waals surface area contributed by atoms with Gasteiger partial charge in [-0.25, -0.2) is 4.79 Å². The van der Waals surface area contributed by atoms with Crippen LogP contribution in [0.4, 0.5) is 0 Å². The van der Waals surface area contributed by atoms with Crippen molar-refractivity contribution in [3.05, 3.63) is 31.6 Å². The number of halogens is 1. The first kappa shape index (κ1) is 15.3. The van der Waals surface area contributed by atoms with Crippen molar-refractivity contribution in [1.82, 2.24) is 9.55 Å². The second-order valence-corrected chi connectivity index (χ2v) is 5.92. The SMILES string of the molecule is CC(C)c1c(Cl)[nH]c(=O)n(CCC2CCCCO2)c1=O. The summed E-state index contributed by atoms with van der Waals surface area (Å²) in [6.45, 7) is 4.91. The maximum absolute atomic E-state index is 12.3. The summed E-state index contributed by atoms with van der Waals surface area (Å²) in [7, 11) is 0. The zero-order chi connectivity index (χ0) is 14.7. The molecule has 0 spiro atoms. The van der Waals surface area contributed by atoms with Crippen LogP contribution in [0.25, 0.3) is 0 Å². The van der Waals surface area contributed by atoms with Crippen molar-refractivity contribution in [3.63, 3.8) is 0 Å². The molecule has 6 heteroatoms. The third kappa shape index (κ3) is 3.33. The summed E-state index contributed by atoms with van der Waals surface area (Å²) < 4.78 is 6.86. The number of nitrogens with zero attached hydrogens (tertiary/aromatic N) is 1. The van der Waals surface area contributed by atoms with Crippen LogP contribution in [0, 0.1) is 0 Å². The van der Waals surface area contributed by atoms with E-state index in [9.17, 15) is 9.59 Å². The number of aromatic nitrogens is 2. The first-order valence-electron chi connectivity index (χ1n) is 7.14. The predicted molar refractivity (Wildman–Crippen MR) is 78.6 cm³/mol. The quantitative estimate of drug-likeness (QED) is 0.868. The van der Waals surface area contributed by atoms with Crippen molar-refractivity contribution in [2.24, 2.45) is 0 Å². The summed E-state index contributed by atoms with van der Waals surface area (Å²) in [4.78, 5) is 26.8. The number of nitrogens with one attached hydrogen (secondary N) is 1. The van der Waals surface area contributed by atoms with Gasteiger partial charge >= 0.3 is 5.69 Å². The van der Waals surface area contributed by atoms with Gasteiger partial charge < -0.3 is 4.74 Å². The Morgan fingerprint density at radius 2 is 2.15 bits per heavy atom. The van der Waals surface area contributed by atoms with E-state index in [1.54, 1.807) is 0 Å². The lowest BCUT2D eigenvalue weighted by Crippen LogP contribution is -2.39. The van der Waals surface area contributed by atoms with Crippen LogP contribution in [0.2, 0.25) is 5.15 Å². The van der Waals surface area contributed by atoms with Crippen molar-refractivity contribution in [2.75, 3.05) is 6.61 Å². The molecule has 2 rings (SSSR count). The van der Waals surface area contributed by atoms with Crippen LogP contribution >= 0.6 is 11.6 Å². The summed E-state index contributed by atoms with van der Waals surface area (Å²) >= 11 is 5.96. The highest BCUT2D eigenvalue weighted by atomic mass is 35.5. The standard InChI is InChI=1S/C14H21ClN2O3/c1-9(2)11-12(15)16-14(19)17(13(11)18)7-6-10-5-3-4-8-20-10/h9-10H,3-8H2,1-2H3,(H,16,19). The molecule has 1 fully saturated rings. The highest BCUT2D eigenvalue weighted by molar-refractivity contribution is 6.30. The molecule has 0 amide bonds. The monoisotopic (exact) mass is 300 g/mol. The second kappa shape index (κ2) is 6.59. The van der Waals surface area contributed by atoms with Crippen LogP contribution in [0.15, 0.2) is 9.59 Å². The van der Waals surface area contributed by atoms with Crippen LogP contribution in [-0.4, -0.2) is 22.3 Å². The molecule has 0 radical (unpaired) electrons. The normalized spacial score (nSPS) is 19.5. The first-order valence-corrected chi connectivity index (χ1v) is 7.52. The highest BCUT2D eigenvalue weighted by Gasteiger charge is 2.18. The van der Waals surface area contributed by atoms with Gasteiger partial charge in [0.05, 0.1) is 11.7 Å². The van der Waals surface area contributed by atoms with Crippen molar-refractivity contribution >= 4 is 11.6 Å². The minimum Gasteiger partial charge on any atom is -0.378 e. The minimum atomic E-state index is -0.444. The number of hydrogen-bond acceptors (Lipinski definition) is 3. The van der Waals surface area contributed by atoms with Gasteiger partial charge in [0, 0.05) is 13.2 Å². The maximum atomic E-state index is 12.3. The Morgan fingerprint density at radius 1 is 1.40 bits per heavy atom. The molecule has 20 heavy (non-hydrogen) atoms. The van der Waals surface area contributed by atoms with Crippen LogP contribution in [-0.2, 0) is 11.3 Å². The molecule has 0 bridgehead atoms. The van der Waals surface area contributed by atoms with Gasteiger partial charge in [0.15, 0.2) is 0 Å². The lowest BCUT2D eigenvalue weighted by molar-refractivity contribution is 0.00846. The molecule has 112 valence electrons. The Hall–Kier alpha value is -1.07. The van der Waals surface area contributed by atoms with Crippen molar-refractivity contribution in [3.8, 4) is 0 Å². The van der Waals surface area contributed by atoms with Gasteiger partial charge in [0.1, 0.15) is 5.15 Å². The number of hydrogen-bond donors (Lipinski definition) is 1. The van der Waals surface area contributed by atoms with Gasteiger partial charge in [0.2, 0.25) is 0 Å². The first-order chi connectivity index (χ1) is 9.50. The molecule has 2 heterocycles. The average molecular weight is 301 g/mol. The Morgan fingerprint density at radius 3 is 2.75 bits per heavy atom. The smallest absolute Gasteiger partial charge is 0.329 e. The summed E-state index contributed by atoms with van der Waals surface area (Å²) in [5.74, 6) is -0.0240. The fraction of sp³-hybridized carbons (Fsp3) is 0.714. The van der Waals surface area contributed by atoms with Gasteiger partial charge in [-0.1, -0.05) is 25.4 Å². The summed E-state index contributed by atoms with van der Waals surface area (Å²) in [6, 6.07) is 0. The number of rotatable bonds is 4. The van der Waals surface area contributed by atoms with Gasteiger partial charge in [-0.3, -0.25) is 14.3 Å². The largest absolute Gasteiger partial charge is 0.378 e. The molecule has 1 aliphatic rings. The van der Waals surface area contributed by atoms with E-state index >= 15 is 0 Å². The number of aromatic amines is 1. The van der Waals surface area contributed by atoms with Crippen molar-refractivity contribution in [1.29, 1.82) is 0 Å². The van der Waals surface area contributed by atoms with E-state index < -0.39 is 5.69 Å². The summed E-state index contributed by atoms with van der Waals surface area (Å²) in [5.41, 5.74) is -0.263. The Kier molecular flexibility index (Phi) is 5.05. The van der Waals surface area contributed by atoms with E-state index in [4.69, 9.17) is 16.3 Å². The zero-order valence-electron chi connectivity index (χ0n) is 11.9.